The number of ether oxygens (including phenoxy) is 2. The van der Waals surface area contributed by atoms with Crippen molar-refractivity contribution in [2.75, 3.05) is 26.0 Å². The number of piperidine rings is 1. The van der Waals surface area contributed by atoms with E-state index in [9.17, 15) is 13.2 Å². The van der Waals surface area contributed by atoms with Crippen molar-refractivity contribution in [3.63, 3.8) is 0 Å². The Morgan fingerprint density at radius 3 is 2.63 bits per heavy atom. The molecule has 1 N–H and O–H groups in total. The summed E-state index contributed by atoms with van der Waals surface area (Å²) in [5.74, 6) is 1.09. The maximum Gasteiger partial charge on any atom is 0.260 e. The standard InChI is InChI=1S/C22H32N2O5S/c1-15-5-10-18-16-6-8-17(9-7-16)28-13-20-19(23-30(2,26)27)4-3-11-24(20)22(25)14-29-21(18)12-15/h5,10,12,16-17,19-20,23H,3-4,6-9,11,13-14H2,1-2H3. The van der Waals surface area contributed by atoms with Crippen LogP contribution < -0.4 is 9.46 Å². The molecule has 30 heavy (non-hydrogen) atoms. The van der Waals surface area contributed by atoms with E-state index in [4.69, 9.17) is 9.47 Å². The molecule has 1 amide bonds. The molecule has 3 aliphatic heterocycles. The van der Waals surface area contributed by atoms with Gasteiger partial charge in [-0.3, -0.25) is 4.79 Å². The average molecular weight is 437 g/mol. The van der Waals surface area contributed by atoms with Crippen molar-refractivity contribution < 1.29 is 22.7 Å². The Morgan fingerprint density at radius 2 is 1.90 bits per heavy atom. The molecule has 8 heteroatoms. The lowest BCUT2D eigenvalue weighted by molar-refractivity contribution is -0.140. The summed E-state index contributed by atoms with van der Waals surface area (Å²) in [5, 5.41) is 0. The molecule has 7 nitrogen and oxygen atoms in total. The normalized spacial score (nSPS) is 30.3. The molecular weight excluding hydrogens is 404 g/mol. The molecule has 0 spiro atoms. The number of sulfonamides is 1. The molecule has 1 aromatic carbocycles. The highest BCUT2D eigenvalue weighted by molar-refractivity contribution is 7.88. The topological polar surface area (TPSA) is 84.9 Å². The molecule has 1 aliphatic carbocycles. The number of aryl methyl sites for hydroxylation is 1. The maximum atomic E-state index is 13.1. The fraction of sp³-hybridized carbons (Fsp3) is 0.682. The minimum atomic E-state index is -3.38. The molecule has 5 rings (SSSR count). The lowest BCUT2D eigenvalue weighted by Crippen LogP contribution is -2.59. The molecular formula is C22H32N2O5S. The second kappa shape index (κ2) is 8.85. The number of amides is 1. The first-order chi connectivity index (χ1) is 14.3. The largest absolute Gasteiger partial charge is 0.483 e. The molecule has 2 fully saturated rings. The molecule has 166 valence electrons. The van der Waals surface area contributed by atoms with Gasteiger partial charge in [0.25, 0.3) is 5.91 Å². The number of nitrogens with zero attached hydrogens (tertiary/aromatic N) is 1. The number of hydrogen-bond acceptors (Lipinski definition) is 5. The summed E-state index contributed by atoms with van der Waals surface area (Å²) in [4.78, 5) is 14.9. The van der Waals surface area contributed by atoms with Crippen LogP contribution in [0.25, 0.3) is 0 Å². The first-order valence-corrected chi connectivity index (χ1v) is 12.8. The Hall–Kier alpha value is -1.64. The van der Waals surface area contributed by atoms with Gasteiger partial charge < -0.3 is 14.4 Å². The second-order valence-corrected chi connectivity index (χ2v) is 10.7. The molecule has 2 atom stereocenters. The van der Waals surface area contributed by atoms with Crippen LogP contribution in [0.15, 0.2) is 18.2 Å². The maximum absolute atomic E-state index is 13.1. The predicted molar refractivity (Wildman–Crippen MR) is 114 cm³/mol. The minimum Gasteiger partial charge on any atom is -0.483 e. The number of carbonyl (C=O) groups excluding carboxylic acids is 1. The highest BCUT2D eigenvalue weighted by Crippen LogP contribution is 2.39. The third kappa shape index (κ3) is 4.98. The van der Waals surface area contributed by atoms with Gasteiger partial charge in [0.05, 0.1) is 25.0 Å². The molecule has 0 aromatic heterocycles. The number of nitrogens with one attached hydrogen (secondary N) is 1. The summed E-state index contributed by atoms with van der Waals surface area (Å²) in [7, 11) is -3.38. The SMILES string of the molecule is Cc1ccc2c(c1)OCC(=O)N1CCCC(NS(C)(=O)=O)C1COC1CCC2CC1. The van der Waals surface area contributed by atoms with Gasteiger partial charge in [0.15, 0.2) is 6.61 Å². The van der Waals surface area contributed by atoms with Crippen LogP contribution in [-0.4, -0.2) is 63.4 Å². The van der Waals surface area contributed by atoms with Crippen LogP contribution in [0.3, 0.4) is 0 Å². The number of fused-ring (bicyclic) bond motifs is 5. The van der Waals surface area contributed by atoms with Gasteiger partial charge in [-0.25, -0.2) is 13.1 Å². The average Bonchev–Trinajstić information content (AvgIpc) is 2.71. The van der Waals surface area contributed by atoms with Crippen LogP contribution in [0.5, 0.6) is 5.75 Å². The Kier molecular flexibility index (Phi) is 6.36. The lowest BCUT2D eigenvalue weighted by Gasteiger charge is -2.41. The van der Waals surface area contributed by atoms with Crippen molar-refractivity contribution in [1.82, 2.24) is 9.62 Å². The van der Waals surface area contributed by atoms with Gasteiger partial charge in [-0.15, -0.1) is 0 Å². The number of hydrogen-bond donors (Lipinski definition) is 1. The van der Waals surface area contributed by atoms with E-state index >= 15 is 0 Å². The highest BCUT2D eigenvalue weighted by Gasteiger charge is 2.37. The van der Waals surface area contributed by atoms with Crippen LogP contribution in [-0.2, 0) is 19.6 Å². The summed E-state index contributed by atoms with van der Waals surface area (Å²) in [6, 6.07) is 5.60. The number of benzene rings is 1. The van der Waals surface area contributed by atoms with Gasteiger partial charge in [-0.05, 0) is 68.6 Å². The third-order valence-electron chi connectivity index (χ3n) is 6.60. The van der Waals surface area contributed by atoms with Crippen LogP contribution in [0.1, 0.15) is 55.6 Å². The Balaban J connectivity index is 1.62. The van der Waals surface area contributed by atoms with E-state index in [-0.39, 0.29) is 30.7 Å². The smallest absolute Gasteiger partial charge is 0.260 e. The molecule has 3 heterocycles. The van der Waals surface area contributed by atoms with E-state index in [0.29, 0.717) is 25.5 Å². The van der Waals surface area contributed by atoms with E-state index in [1.165, 1.54) is 5.56 Å². The van der Waals surface area contributed by atoms with Crippen molar-refractivity contribution in [3.05, 3.63) is 29.3 Å². The van der Waals surface area contributed by atoms with Gasteiger partial charge in [-0.2, -0.15) is 0 Å². The number of carbonyl (C=O) groups is 1. The van der Waals surface area contributed by atoms with Crippen LogP contribution >= 0.6 is 0 Å². The molecule has 0 radical (unpaired) electrons. The van der Waals surface area contributed by atoms with Gasteiger partial charge >= 0.3 is 0 Å². The highest BCUT2D eigenvalue weighted by atomic mass is 32.2. The summed E-state index contributed by atoms with van der Waals surface area (Å²) in [6.07, 6.45) is 6.73. The van der Waals surface area contributed by atoms with Gasteiger partial charge in [0.1, 0.15) is 5.75 Å². The van der Waals surface area contributed by atoms with Gasteiger partial charge in [-0.1, -0.05) is 12.1 Å². The number of rotatable bonds is 2. The quantitative estimate of drug-likeness (QED) is 0.769. The molecule has 2 unspecified atom stereocenters. The van der Waals surface area contributed by atoms with E-state index < -0.39 is 10.0 Å². The fourth-order valence-electron chi connectivity index (χ4n) is 5.09. The second-order valence-electron chi connectivity index (χ2n) is 8.93. The summed E-state index contributed by atoms with van der Waals surface area (Å²) < 4.78 is 38.8. The van der Waals surface area contributed by atoms with Crippen LogP contribution in [0, 0.1) is 6.92 Å². The summed E-state index contributed by atoms with van der Waals surface area (Å²) in [5.41, 5.74) is 2.29. The summed E-state index contributed by atoms with van der Waals surface area (Å²) in [6.45, 7) is 2.92. The van der Waals surface area contributed by atoms with Gasteiger partial charge in [0, 0.05) is 12.6 Å². The molecule has 1 saturated carbocycles. The summed E-state index contributed by atoms with van der Waals surface area (Å²) >= 11 is 0. The van der Waals surface area contributed by atoms with Crippen LogP contribution in [0.2, 0.25) is 0 Å². The monoisotopic (exact) mass is 436 g/mol. The van der Waals surface area contributed by atoms with Crippen molar-refractivity contribution in [3.8, 4) is 5.75 Å². The molecule has 2 bridgehead atoms. The molecule has 4 aliphatic rings. The minimum absolute atomic E-state index is 0.0469. The Morgan fingerprint density at radius 1 is 1.13 bits per heavy atom. The molecule has 1 saturated heterocycles. The zero-order valence-electron chi connectivity index (χ0n) is 17.8. The molecule has 1 aromatic rings. The third-order valence-corrected chi connectivity index (χ3v) is 7.33. The van der Waals surface area contributed by atoms with E-state index in [2.05, 4.69) is 16.9 Å². The van der Waals surface area contributed by atoms with Crippen molar-refractivity contribution in [2.45, 2.75) is 69.6 Å². The first-order valence-electron chi connectivity index (χ1n) is 10.9. The van der Waals surface area contributed by atoms with Crippen molar-refractivity contribution >= 4 is 15.9 Å². The van der Waals surface area contributed by atoms with Crippen molar-refractivity contribution in [2.24, 2.45) is 0 Å². The zero-order valence-corrected chi connectivity index (χ0v) is 18.6. The Labute approximate surface area is 179 Å². The van der Waals surface area contributed by atoms with E-state index in [0.717, 1.165) is 49.7 Å². The van der Waals surface area contributed by atoms with E-state index in [1.54, 1.807) is 4.90 Å². The lowest BCUT2D eigenvalue weighted by atomic mass is 9.82. The predicted octanol–water partition coefficient (Wildman–Crippen LogP) is 2.34. The van der Waals surface area contributed by atoms with Gasteiger partial charge in [0.2, 0.25) is 10.0 Å². The Bertz CT molecular complexity index is 880. The zero-order chi connectivity index (χ0) is 21.3. The first kappa shape index (κ1) is 21.6. The van der Waals surface area contributed by atoms with Crippen LogP contribution in [0.4, 0.5) is 0 Å². The fourth-order valence-corrected chi connectivity index (χ4v) is 5.91. The van der Waals surface area contributed by atoms with E-state index in [1.807, 2.05) is 13.0 Å². The van der Waals surface area contributed by atoms with Crippen molar-refractivity contribution in [1.29, 1.82) is 0 Å².